The third kappa shape index (κ3) is 5.27. The zero-order valence-electron chi connectivity index (χ0n) is 12.6. The molecule has 1 amide bonds. The summed E-state index contributed by atoms with van der Waals surface area (Å²) in [7, 11) is 1.64. The van der Waals surface area contributed by atoms with Crippen LogP contribution in [0.25, 0.3) is 0 Å². The molecule has 1 aromatic rings. The Bertz CT molecular complexity index is 428. The minimum atomic E-state index is 0.175. The summed E-state index contributed by atoms with van der Waals surface area (Å²) >= 11 is 0. The van der Waals surface area contributed by atoms with Gasteiger partial charge in [-0.1, -0.05) is 0 Å². The summed E-state index contributed by atoms with van der Waals surface area (Å²) in [5, 5.41) is 6.25. The van der Waals surface area contributed by atoms with E-state index in [9.17, 15) is 4.79 Å². The quantitative estimate of drug-likeness (QED) is 0.749. The number of amides is 1. The molecule has 1 saturated heterocycles. The molecule has 2 rings (SSSR count). The minimum Gasteiger partial charge on any atom is -0.497 e. The average molecular weight is 292 g/mol. The minimum absolute atomic E-state index is 0.175. The molecule has 0 aromatic heterocycles. The fourth-order valence-corrected chi connectivity index (χ4v) is 2.37. The molecule has 1 aliphatic rings. The maximum atomic E-state index is 11.9. The number of methoxy groups -OCH3 is 1. The monoisotopic (exact) mass is 292 g/mol. The normalized spacial score (nSPS) is 15.5. The molecular weight excluding hydrogens is 268 g/mol. The van der Waals surface area contributed by atoms with Crippen LogP contribution in [0.5, 0.6) is 11.5 Å². The number of hydrogen-bond acceptors (Lipinski definition) is 4. The first-order valence-corrected chi connectivity index (χ1v) is 7.55. The van der Waals surface area contributed by atoms with Gasteiger partial charge in [-0.3, -0.25) is 4.79 Å². The molecule has 116 valence electrons. The number of hydrogen-bond donors (Lipinski definition) is 2. The molecule has 0 bridgehead atoms. The molecular formula is C16H24N2O3. The van der Waals surface area contributed by atoms with Gasteiger partial charge < -0.3 is 20.1 Å². The fourth-order valence-electron chi connectivity index (χ4n) is 2.37. The van der Waals surface area contributed by atoms with E-state index in [1.165, 1.54) is 0 Å². The van der Waals surface area contributed by atoms with E-state index in [1.807, 2.05) is 24.3 Å². The lowest BCUT2D eigenvalue weighted by Crippen LogP contribution is -2.38. The van der Waals surface area contributed by atoms with Crippen molar-refractivity contribution >= 4 is 5.91 Å². The zero-order chi connectivity index (χ0) is 14.9. The molecule has 1 aromatic carbocycles. The molecule has 5 nitrogen and oxygen atoms in total. The van der Waals surface area contributed by atoms with Crippen molar-refractivity contribution in [2.24, 2.45) is 5.92 Å². The van der Waals surface area contributed by atoms with Crippen LogP contribution in [0.4, 0.5) is 0 Å². The van der Waals surface area contributed by atoms with E-state index in [0.29, 0.717) is 13.2 Å². The van der Waals surface area contributed by atoms with Crippen molar-refractivity contribution in [3.05, 3.63) is 24.3 Å². The summed E-state index contributed by atoms with van der Waals surface area (Å²) < 4.78 is 10.7. The largest absolute Gasteiger partial charge is 0.497 e. The van der Waals surface area contributed by atoms with Crippen molar-refractivity contribution in [2.45, 2.75) is 19.3 Å². The van der Waals surface area contributed by atoms with E-state index in [0.717, 1.165) is 43.9 Å². The number of nitrogens with one attached hydrogen (secondary N) is 2. The lowest BCUT2D eigenvalue weighted by atomic mass is 9.97. The Morgan fingerprint density at radius 3 is 2.57 bits per heavy atom. The number of rotatable bonds is 7. The Morgan fingerprint density at radius 2 is 1.90 bits per heavy atom. The van der Waals surface area contributed by atoms with Crippen molar-refractivity contribution in [1.29, 1.82) is 0 Å². The number of carbonyl (C=O) groups excluding carboxylic acids is 1. The van der Waals surface area contributed by atoms with Crippen LogP contribution >= 0.6 is 0 Å². The summed E-state index contributed by atoms with van der Waals surface area (Å²) in [5.74, 6) is 1.99. The van der Waals surface area contributed by atoms with E-state index in [4.69, 9.17) is 9.47 Å². The lowest BCUT2D eigenvalue weighted by molar-refractivity contribution is -0.125. The molecule has 5 heteroatoms. The SMILES string of the molecule is COc1ccc(OCCCNC(=O)C2CCNCC2)cc1. The second-order valence-corrected chi connectivity index (χ2v) is 5.19. The molecule has 2 N–H and O–H groups in total. The van der Waals surface area contributed by atoms with E-state index < -0.39 is 0 Å². The van der Waals surface area contributed by atoms with E-state index in [-0.39, 0.29) is 11.8 Å². The maximum absolute atomic E-state index is 11.9. The van der Waals surface area contributed by atoms with Crippen LogP contribution in [-0.4, -0.2) is 39.3 Å². The van der Waals surface area contributed by atoms with Crippen LogP contribution in [0.3, 0.4) is 0 Å². The van der Waals surface area contributed by atoms with Crippen molar-refractivity contribution in [3.63, 3.8) is 0 Å². The van der Waals surface area contributed by atoms with Crippen molar-refractivity contribution in [3.8, 4) is 11.5 Å². The molecule has 1 heterocycles. The molecule has 0 unspecified atom stereocenters. The van der Waals surface area contributed by atoms with Crippen LogP contribution in [0.15, 0.2) is 24.3 Å². The first-order valence-electron chi connectivity index (χ1n) is 7.55. The molecule has 21 heavy (non-hydrogen) atoms. The predicted octanol–water partition coefficient (Wildman–Crippen LogP) is 1.58. The third-order valence-corrected chi connectivity index (χ3v) is 3.66. The number of carbonyl (C=O) groups is 1. The van der Waals surface area contributed by atoms with E-state index in [1.54, 1.807) is 7.11 Å². The Hall–Kier alpha value is -1.75. The van der Waals surface area contributed by atoms with Crippen molar-refractivity contribution in [1.82, 2.24) is 10.6 Å². The molecule has 0 saturated carbocycles. The molecule has 0 radical (unpaired) electrons. The van der Waals surface area contributed by atoms with E-state index in [2.05, 4.69) is 10.6 Å². The molecule has 1 fully saturated rings. The Labute approximate surface area is 126 Å². The molecule has 1 aliphatic heterocycles. The molecule has 0 atom stereocenters. The predicted molar refractivity (Wildman–Crippen MR) is 81.7 cm³/mol. The van der Waals surface area contributed by atoms with Gasteiger partial charge in [0.2, 0.25) is 5.91 Å². The highest BCUT2D eigenvalue weighted by Crippen LogP contribution is 2.17. The van der Waals surface area contributed by atoms with Gasteiger partial charge in [0.15, 0.2) is 0 Å². The van der Waals surface area contributed by atoms with Gasteiger partial charge >= 0.3 is 0 Å². The van der Waals surface area contributed by atoms with Gasteiger partial charge in [-0.15, -0.1) is 0 Å². The van der Waals surface area contributed by atoms with Crippen LogP contribution < -0.4 is 20.1 Å². The molecule has 0 spiro atoms. The maximum Gasteiger partial charge on any atom is 0.223 e. The highest BCUT2D eigenvalue weighted by molar-refractivity contribution is 5.78. The smallest absolute Gasteiger partial charge is 0.223 e. The second kappa shape index (κ2) is 8.52. The van der Waals surface area contributed by atoms with Gasteiger partial charge in [0.25, 0.3) is 0 Å². The summed E-state index contributed by atoms with van der Waals surface area (Å²) in [6, 6.07) is 7.50. The van der Waals surface area contributed by atoms with Gasteiger partial charge in [-0.25, -0.2) is 0 Å². The van der Waals surface area contributed by atoms with Crippen LogP contribution in [0.2, 0.25) is 0 Å². The first-order chi connectivity index (χ1) is 10.3. The van der Waals surface area contributed by atoms with E-state index >= 15 is 0 Å². The van der Waals surface area contributed by atoms with Gasteiger partial charge in [-0.2, -0.15) is 0 Å². The summed E-state index contributed by atoms with van der Waals surface area (Å²) in [6.45, 7) is 3.15. The third-order valence-electron chi connectivity index (χ3n) is 3.66. The highest BCUT2D eigenvalue weighted by Gasteiger charge is 2.19. The van der Waals surface area contributed by atoms with Crippen LogP contribution in [0.1, 0.15) is 19.3 Å². The van der Waals surface area contributed by atoms with Gasteiger partial charge in [0.05, 0.1) is 13.7 Å². The highest BCUT2D eigenvalue weighted by atomic mass is 16.5. The molecule has 0 aliphatic carbocycles. The van der Waals surface area contributed by atoms with Gasteiger partial charge in [-0.05, 0) is 56.6 Å². The summed E-state index contributed by atoms with van der Waals surface area (Å²) in [6.07, 6.45) is 2.69. The van der Waals surface area contributed by atoms with Gasteiger partial charge in [0.1, 0.15) is 11.5 Å². The number of ether oxygens (including phenoxy) is 2. The Kier molecular flexibility index (Phi) is 6.34. The second-order valence-electron chi connectivity index (χ2n) is 5.19. The Balaban J connectivity index is 1.57. The summed E-state index contributed by atoms with van der Waals surface area (Å²) in [4.78, 5) is 11.9. The summed E-state index contributed by atoms with van der Waals surface area (Å²) in [5.41, 5.74) is 0. The van der Waals surface area contributed by atoms with Gasteiger partial charge in [0, 0.05) is 12.5 Å². The number of piperidine rings is 1. The fraction of sp³-hybridized carbons (Fsp3) is 0.562. The first kappa shape index (κ1) is 15.6. The lowest BCUT2D eigenvalue weighted by Gasteiger charge is -2.21. The average Bonchev–Trinajstić information content (AvgIpc) is 2.55. The van der Waals surface area contributed by atoms with Crippen molar-refractivity contribution < 1.29 is 14.3 Å². The van der Waals surface area contributed by atoms with Crippen molar-refractivity contribution in [2.75, 3.05) is 33.4 Å². The Morgan fingerprint density at radius 1 is 1.24 bits per heavy atom. The topological polar surface area (TPSA) is 59.6 Å². The van der Waals surface area contributed by atoms with Crippen LogP contribution in [-0.2, 0) is 4.79 Å². The number of benzene rings is 1. The van der Waals surface area contributed by atoms with Crippen LogP contribution in [0, 0.1) is 5.92 Å². The zero-order valence-corrected chi connectivity index (χ0v) is 12.6. The standard InChI is InChI=1S/C16H24N2O3/c1-20-14-3-5-15(6-4-14)21-12-2-9-18-16(19)13-7-10-17-11-8-13/h3-6,13,17H,2,7-12H2,1H3,(H,18,19).